The Morgan fingerprint density at radius 1 is 1.20 bits per heavy atom. The van der Waals surface area contributed by atoms with Crippen LogP contribution in [-0.4, -0.2) is 53.7 Å². The van der Waals surface area contributed by atoms with Crippen molar-refractivity contribution in [2.24, 2.45) is 0 Å². The van der Waals surface area contributed by atoms with E-state index in [0.29, 0.717) is 49.9 Å². The first-order valence-electron chi connectivity index (χ1n) is 8.35. The number of hydrogen-bond donors (Lipinski definition) is 0. The number of benzene rings is 1. The maximum absolute atomic E-state index is 14.1. The van der Waals surface area contributed by atoms with Gasteiger partial charge in [-0.25, -0.2) is 19.2 Å². The Morgan fingerprint density at radius 2 is 1.92 bits per heavy atom. The van der Waals surface area contributed by atoms with Gasteiger partial charge >= 0.3 is 6.09 Å². The first-order chi connectivity index (χ1) is 12.1. The van der Waals surface area contributed by atoms with Crippen molar-refractivity contribution in [3.8, 4) is 11.3 Å². The van der Waals surface area contributed by atoms with Crippen LogP contribution in [0.5, 0.6) is 0 Å². The van der Waals surface area contributed by atoms with E-state index in [1.165, 1.54) is 6.07 Å². The van der Waals surface area contributed by atoms with Crippen LogP contribution < -0.4 is 4.90 Å². The third-order valence-electron chi connectivity index (χ3n) is 4.10. The molecule has 132 valence electrons. The van der Waals surface area contributed by atoms with Gasteiger partial charge in [0.15, 0.2) is 0 Å². The van der Waals surface area contributed by atoms with E-state index in [-0.39, 0.29) is 11.9 Å². The normalized spacial score (nSPS) is 14.5. The van der Waals surface area contributed by atoms with Crippen LogP contribution >= 0.6 is 0 Å². The van der Waals surface area contributed by atoms with Crippen molar-refractivity contribution in [1.29, 1.82) is 0 Å². The molecule has 1 aromatic carbocycles. The highest BCUT2D eigenvalue weighted by atomic mass is 19.1. The van der Waals surface area contributed by atoms with E-state index in [1.807, 2.05) is 0 Å². The highest BCUT2D eigenvalue weighted by molar-refractivity contribution is 5.68. The highest BCUT2D eigenvalue weighted by Gasteiger charge is 2.23. The molecule has 3 rings (SSSR count). The number of carbonyl (C=O) groups excluding carboxylic acids is 1. The van der Waals surface area contributed by atoms with E-state index < -0.39 is 0 Å². The molecule has 0 saturated carbocycles. The van der Waals surface area contributed by atoms with Crippen molar-refractivity contribution in [3.63, 3.8) is 0 Å². The van der Waals surface area contributed by atoms with E-state index >= 15 is 0 Å². The largest absolute Gasteiger partial charge is 0.450 e. The fourth-order valence-corrected chi connectivity index (χ4v) is 2.85. The minimum Gasteiger partial charge on any atom is -0.450 e. The van der Waals surface area contributed by atoms with Crippen LogP contribution in [0.1, 0.15) is 12.7 Å². The zero-order chi connectivity index (χ0) is 17.8. The van der Waals surface area contributed by atoms with Crippen LogP contribution in [0.2, 0.25) is 0 Å². The summed E-state index contributed by atoms with van der Waals surface area (Å²) in [6.07, 6.45) is -0.284. The molecule has 1 aliphatic heterocycles. The van der Waals surface area contributed by atoms with Gasteiger partial charge in [-0.1, -0.05) is 12.1 Å². The summed E-state index contributed by atoms with van der Waals surface area (Å²) >= 11 is 0. The fraction of sp³-hybridized carbons (Fsp3) is 0.389. The molecule has 2 aromatic rings. The summed E-state index contributed by atoms with van der Waals surface area (Å²) < 4.78 is 19.1. The molecule has 0 unspecified atom stereocenters. The van der Waals surface area contributed by atoms with E-state index in [4.69, 9.17) is 4.74 Å². The van der Waals surface area contributed by atoms with E-state index in [2.05, 4.69) is 14.9 Å². The first-order valence-corrected chi connectivity index (χ1v) is 8.35. The Bertz CT molecular complexity index is 760. The third kappa shape index (κ3) is 3.87. The number of carbonyl (C=O) groups is 1. The number of piperazine rings is 1. The topological polar surface area (TPSA) is 58.6 Å². The second-order valence-electron chi connectivity index (χ2n) is 5.81. The second kappa shape index (κ2) is 7.46. The lowest BCUT2D eigenvalue weighted by molar-refractivity contribution is 0.105. The number of aromatic nitrogens is 2. The van der Waals surface area contributed by atoms with Crippen LogP contribution in [0.3, 0.4) is 0 Å². The van der Waals surface area contributed by atoms with Gasteiger partial charge in [0.2, 0.25) is 0 Å². The molecule has 1 fully saturated rings. The van der Waals surface area contributed by atoms with Crippen molar-refractivity contribution in [2.45, 2.75) is 13.8 Å². The summed E-state index contributed by atoms with van der Waals surface area (Å²) in [7, 11) is 0. The average Bonchev–Trinajstić information content (AvgIpc) is 2.62. The van der Waals surface area contributed by atoms with E-state index in [0.717, 1.165) is 5.82 Å². The lowest BCUT2D eigenvalue weighted by atomic mass is 10.1. The minimum atomic E-state index is -0.307. The van der Waals surface area contributed by atoms with Gasteiger partial charge in [0, 0.05) is 37.8 Å². The lowest BCUT2D eigenvalue weighted by Crippen LogP contribution is -2.49. The summed E-state index contributed by atoms with van der Waals surface area (Å²) in [4.78, 5) is 24.4. The van der Waals surface area contributed by atoms with E-state index in [1.54, 1.807) is 43.0 Å². The molecular weight excluding hydrogens is 323 g/mol. The summed E-state index contributed by atoms with van der Waals surface area (Å²) in [6, 6.07) is 8.37. The number of aryl methyl sites for hydroxylation is 1. The molecular formula is C18H21FN4O2. The monoisotopic (exact) mass is 344 g/mol. The predicted octanol–water partition coefficient (Wildman–Crippen LogP) is 2.87. The molecule has 0 aliphatic carbocycles. The van der Waals surface area contributed by atoms with Crippen molar-refractivity contribution >= 4 is 11.9 Å². The number of rotatable bonds is 3. The number of halogens is 1. The Kier molecular flexibility index (Phi) is 5.11. The number of anilines is 1. The average molecular weight is 344 g/mol. The quantitative estimate of drug-likeness (QED) is 0.857. The van der Waals surface area contributed by atoms with Gasteiger partial charge in [-0.3, -0.25) is 0 Å². The van der Waals surface area contributed by atoms with Crippen LogP contribution in [0.4, 0.5) is 15.0 Å². The number of ether oxygens (including phenoxy) is 1. The molecule has 0 atom stereocenters. The number of hydrogen-bond acceptors (Lipinski definition) is 5. The van der Waals surface area contributed by atoms with Crippen LogP contribution in [-0.2, 0) is 4.74 Å². The fourth-order valence-electron chi connectivity index (χ4n) is 2.85. The van der Waals surface area contributed by atoms with Crippen molar-refractivity contribution in [1.82, 2.24) is 14.9 Å². The van der Waals surface area contributed by atoms with Crippen molar-refractivity contribution in [3.05, 3.63) is 42.0 Å². The molecule has 6 nitrogen and oxygen atoms in total. The maximum Gasteiger partial charge on any atom is 0.409 e. The smallest absolute Gasteiger partial charge is 0.409 e. The standard InChI is InChI=1S/C18H21FN4O2/c1-3-25-18(24)23-10-8-22(9-11-23)17-12-16(20-13(2)21-17)14-6-4-5-7-15(14)19/h4-7,12H,3,8-11H2,1-2H3. The van der Waals surface area contributed by atoms with Gasteiger partial charge in [-0.05, 0) is 26.0 Å². The van der Waals surface area contributed by atoms with Gasteiger partial charge in [0.25, 0.3) is 0 Å². The Balaban J connectivity index is 1.78. The van der Waals surface area contributed by atoms with Gasteiger partial charge in [-0.2, -0.15) is 0 Å². The predicted molar refractivity (Wildman–Crippen MR) is 93.0 cm³/mol. The second-order valence-corrected chi connectivity index (χ2v) is 5.81. The molecule has 0 bridgehead atoms. The summed E-state index contributed by atoms with van der Waals surface area (Å²) in [5.41, 5.74) is 1.02. The molecule has 1 aliphatic rings. The highest BCUT2D eigenvalue weighted by Crippen LogP contribution is 2.25. The van der Waals surface area contributed by atoms with Crippen LogP contribution in [0.25, 0.3) is 11.3 Å². The Labute approximate surface area is 146 Å². The summed E-state index contributed by atoms with van der Waals surface area (Å²) in [5, 5.41) is 0. The molecule has 1 aromatic heterocycles. The molecule has 25 heavy (non-hydrogen) atoms. The van der Waals surface area contributed by atoms with Gasteiger partial charge < -0.3 is 14.5 Å². The lowest BCUT2D eigenvalue weighted by Gasteiger charge is -2.34. The van der Waals surface area contributed by atoms with Crippen LogP contribution in [0, 0.1) is 12.7 Å². The zero-order valence-corrected chi connectivity index (χ0v) is 14.4. The minimum absolute atomic E-state index is 0.284. The van der Waals surface area contributed by atoms with Gasteiger partial charge in [0.1, 0.15) is 17.5 Å². The molecule has 0 spiro atoms. The molecule has 0 radical (unpaired) electrons. The van der Waals surface area contributed by atoms with Gasteiger partial charge in [0.05, 0.1) is 12.3 Å². The molecule has 0 N–H and O–H groups in total. The summed E-state index contributed by atoms with van der Waals surface area (Å²) in [5.74, 6) is 1.02. The number of amides is 1. The third-order valence-corrected chi connectivity index (χ3v) is 4.10. The molecule has 2 heterocycles. The van der Waals surface area contributed by atoms with Crippen molar-refractivity contribution in [2.75, 3.05) is 37.7 Å². The Hall–Kier alpha value is -2.70. The van der Waals surface area contributed by atoms with Gasteiger partial charge in [-0.15, -0.1) is 0 Å². The molecule has 1 saturated heterocycles. The molecule has 7 heteroatoms. The first kappa shape index (κ1) is 17.1. The van der Waals surface area contributed by atoms with Crippen LogP contribution in [0.15, 0.2) is 30.3 Å². The maximum atomic E-state index is 14.1. The number of nitrogens with zero attached hydrogens (tertiary/aromatic N) is 4. The Morgan fingerprint density at radius 3 is 2.60 bits per heavy atom. The summed E-state index contributed by atoms with van der Waals surface area (Å²) in [6.45, 7) is 6.38. The zero-order valence-electron chi connectivity index (χ0n) is 14.4. The van der Waals surface area contributed by atoms with E-state index in [9.17, 15) is 9.18 Å². The SMILES string of the molecule is CCOC(=O)N1CCN(c2cc(-c3ccccc3F)nc(C)n2)CC1. The van der Waals surface area contributed by atoms with Crippen molar-refractivity contribution < 1.29 is 13.9 Å². The molecule has 1 amide bonds.